The van der Waals surface area contributed by atoms with Crippen LogP contribution in [0.5, 0.6) is 0 Å². The third-order valence-electron chi connectivity index (χ3n) is 3.00. The van der Waals surface area contributed by atoms with Gasteiger partial charge in [-0.25, -0.2) is 0 Å². The predicted octanol–water partition coefficient (Wildman–Crippen LogP) is 4.42. The zero-order valence-electron chi connectivity index (χ0n) is 10.7. The van der Waals surface area contributed by atoms with E-state index in [9.17, 15) is 10.1 Å². The van der Waals surface area contributed by atoms with E-state index < -0.39 is 0 Å². The second-order valence-electron chi connectivity index (χ2n) is 4.35. The van der Waals surface area contributed by atoms with Gasteiger partial charge in [0.2, 0.25) is 0 Å². The van der Waals surface area contributed by atoms with E-state index in [0.717, 1.165) is 21.4 Å². The van der Waals surface area contributed by atoms with Gasteiger partial charge in [0.15, 0.2) is 0 Å². The Kier molecular flexibility index (Phi) is 3.26. The highest BCUT2D eigenvalue weighted by molar-refractivity contribution is 7.23. The van der Waals surface area contributed by atoms with Gasteiger partial charge in [-0.05, 0) is 24.3 Å². The number of rotatable bonds is 3. The number of hydrogen-bond donors (Lipinski definition) is 1. The zero-order valence-corrected chi connectivity index (χ0v) is 11.6. The van der Waals surface area contributed by atoms with Crippen LogP contribution in [0.2, 0.25) is 0 Å². The fourth-order valence-electron chi connectivity index (χ4n) is 2.09. The predicted molar refractivity (Wildman–Crippen MR) is 82.9 cm³/mol. The Morgan fingerprint density at radius 3 is 2.76 bits per heavy atom. The van der Waals surface area contributed by atoms with Crippen molar-refractivity contribution >= 4 is 37.8 Å². The first kappa shape index (κ1) is 13.1. The maximum Gasteiger partial charge on any atom is 0.348 e. The molecule has 0 aliphatic carbocycles. The average molecular weight is 295 g/mol. The van der Waals surface area contributed by atoms with Crippen LogP contribution in [-0.2, 0) is 0 Å². The molecule has 0 radical (unpaired) electrons. The number of nitrogens with zero attached hydrogens (tertiary/aromatic N) is 2. The van der Waals surface area contributed by atoms with Gasteiger partial charge in [0.05, 0.1) is 16.6 Å². The van der Waals surface area contributed by atoms with Crippen LogP contribution in [0.15, 0.2) is 48.5 Å². The van der Waals surface area contributed by atoms with Crippen LogP contribution in [0.4, 0.5) is 16.4 Å². The van der Waals surface area contributed by atoms with E-state index in [1.165, 1.54) is 0 Å². The van der Waals surface area contributed by atoms with Crippen LogP contribution in [0, 0.1) is 21.4 Å². The van der Waals surface area contributed by atoms with E-state index in [1.807, 2.05) is 24.3 Å². The molecule has 0 bridgehead atoms. The smallest absolute Gasteiger partial charge is 0.348 e. The Morgan fingerprint density at radius 2 is 2.00 bits per heavy atom. The van der Waals surface area contributed by atoms with Gasteiger partial charge in [-0.2, -0.15) is 5.26 Å². The van der Waals surface area contributed by atoms with Crippen molar-refractivity contribution in [1.29, 1.82) is 5.26 Å². The minimum Gasteiger partial charge on any atom is -0.349 e. The summed E-state index contributed by atoms with van der Waals surface area (Å²) in [7, 11) is 0. The van der Waals surface area contributed by atoms with E-state index >= 15 is 0 Å². The molecule has 2 aromatic carbocycles. The summed E-state index contributed by atoms with van der Waals surface area (Å²) in [5.41, 5.74) is 1.62. The van der Waals surface area contributed by atoms with E-state index in [1.54, 1.807) is 24.3 Å². The molecule has 0 unspecified atom stereocenters. The minimum absolute atomic E-state index is 0.0681. The monoisotopic (exact) mass is 295 g/mol. The molecule has 0 aliphatic heterocycles. The number of nitriles is 1. The Labute approximate surface area is 124 Å². The molecule has 3 aromatic rings. The molecule has 0 aliphatic rings. The molecule has 3 rings (SSSR count). The number of anilines is 2. The highest BCUT2D eigenvalue weighted by Gasteiger charge is 2.21. The summed E-state index contributed by atoms with van der Waals surface area (Å²) in [5, 5.41) is 24.1. The Morgan fingerprint density at radius 1 is 1.19 bits per heavy atom. The molecule has 1 N–H and O–H groups in total. The van der Waals surface area contributed by atoms with Gasteiger partial charge >= 0.3 is 5.00 Å². The first-order valence-corrected chi connectivity index (χ1v) is 6.94. The maximum atomic E-state index is 11.2. The first-order chi connectivity index (χ1) is 10.2. The lowest BCUT2D eigenvalue weighted by Crippen LogP contribution is -1.94. The van der Waals surface area contributed by atoms with Gasteiger partial charge < -0.3 is 5.32 Å². The molecule has 0 amide bonds. The quantitative estimate of drug-likeness (QED) is 0.573. The number of fused-ring (bicyclic) bond motifs is 1. The van der Waals surface area contributed by atoms with Crippen molar-refractivity contribution in [2.75, 3.05) is 5.32 Å². The third-order valence-corrected chi connectivity index (χ3v) is 4.13. The Hall–Kier alpha value is -2.91. The van der Waals surface area contributed by atoms with Crippen molar-refractivity contribution < 1.29 is 4.92 Å². The van der Waals surface area contributed by atoms with E-state index in [2.05, 4.69) is 11.4 Å². The SMILES string of the molecule is N#Cc1cccc(Nc2c([N+](=O)[O-])sc3ccccc23)c1. The lowest BCUT2D eigenvalue weighted by Gasteiger charge is -2.05. The zero-order chi connectivity index (χ0) is 14.8. The van der Waals surface area contributed by atoms with Crippen molar-refractivity contribution in [3.8, 4) is 6.07 Å². The summed E-state index contributed by atoms with van der Waals surface area (Å²) in [6.07, 6.45) is 0. The van der Waals surface area contributed by atoms with E-state index in [0.29, 0.717) is 16.9 Å². The average Bonchev–Trinajstić information content (AvgIpc) is 2.87. The van der Waals surface area contributed by atoms with Crippen molar-refractivity contribution in [2.45, 2.75) is 0 Å². The lowest BCUT2D eigenvalue weighted by atomic mass is 10.2. The number of nitro groups is 1. The molecule has 102 valence electrons. The lowest BCUT2D eigenvalue weighted by molar-refractivity contribution is -0.379. The second kappa shape index (κ2) is 5.23. The number of hydrogen-bond acceptors (Lipinski definition) is 5. The van der Waals surface area contributed by atoms with Crippen molar-refractivity contribution in [3.05, 3.63) is 64.2 Å². The molecule has 1 aromatic heterocycles. The molecule has 21 heavy (non-hydrogen) atoms. The normalized spacial score (nSPS) is 10.2. The molecule has 6 heteroatoms. The summed E-state index contributed by atoms with van der Waals surface area (Å²) >= 11 is 1.13. The highest BCUT2D eigenvalue weighted by atomic mass is 32.1. The van der Waals surface area contributed by atoms with Crippen molar-refractivity contribution in [1.82, 2.24) is 0 Å². The molecule has 0 spiro atoms. The van der Waals surface area contributed by atoms with Crippen molar-refractivity contribution in [3.63, 3.8) is 0 Å². The van der Waals surface area contributed by atoms with Gasteiger partial charge in [-0.1, -0.05) is 35.6 Å². The van der Waals surface area contributed by atoms with Crippen LogP contribution in [0.3, 0.4) is 0 Å². The van der Waals surface area contributed by atoms with E-state index in [4.69, 9.17) is 5.26 Å². The van der Waals surface area contributed by atoms with Gasteiger partial charge in [0.25, 0.3) is 0 Å². The molecule has 0 fully saturated rings. The molecular weight excluding hydrogens is 286 g/mol. The Bertz CT molecular complexity index is 880. The molecule has 0 saturated carbocycles. The van der Waals surface area contributed by atoms with Gasteiger partial charge in [-0.15, -0.1) is 0 Å². The number of nitrogens with one attached hydrogen (secondary N) is 1. The standard InChI is InChI=1S/C15H9N3O2S/c16-9-10-4-3-5-11(8-10)17-14-12-6-1-2-7-13(12)21-15(14)18(19)20/h1-8,17H. The van der Waals surface area contributed by atoms with Crippen LogP contribution < -0.4 is 5.32 Å². The Balaban J connectivity index is 2.12. The topological polar surface area (TPSA) is 79.0 Å². The molecule has 1 heterocycles. The van der Waals surface area contributed by atoms with Gasteiger partial charge in [0, 0.05) is 15.8 Å². The fraction of sp³-hybridized carbons (Fsp3) is 0. The van der Waals surface area contributed by atoms with Gasteiger partial charge in [0.1, 0.15) is 5.69 Å². The van der Waals surface area contributed by atoms with Crippen molar-refractivity contribution in [2.24, 2.45) is 0 Å². The van der Waals surface area contributed by atoms with E-state index in [-0.39, 0.29) is 9.92 Å². The largest absolute Gasteiger partial charge is 0.349 e. The molecule has 5 nitrogen and oxygen atoms in total. The minimum atomic E-state index is -0.388. The third kappa shape index (κ3) is 2.42. The molecule has 0 saturated heterocycles. The molecule has 0 atom stereocenters. The summed E-state index contributed by atoms with van der Waals surface area (Å²) in [4.78, 5) is 10.8. The highest BCUT2D eigenvalue weighted by Crippen LogP contribution is 2.42. The van der Waals surface area contributed by atoms with Crippen LogP contribution in [0.25, 0.3) is 10.1 Å². The van der Waals surface area contributed by atoms with Crippen LogP contribution in [0.1, 0.15) is 5.56 Å². The van der Waals surface area contributed by atoms with Gasteiger partial charge in [-0.3, -0.25) is 10.1 Å². The van der Waals surface area contributed by atoms with Crippen LogP contribution >= 0.6 is 11.3 Å². The molecular formula is C15H9N3O2S. The fourth-order valence-corrected chi connectivity index (χ4v) is 3.07. The second-order valence-corrected chi connectivity index (χ2v) is 5.38. The summed E-state index contributed by atoms with van der Waals surface area (Å²) < 4.78 is 0.850. The number of thiophene rings is 1. The summed E-state index contributed by atoms with van der Waals surface area (Å²) in [5.74, 6) is 0. The first-order valence-electron chi connectivity index (χ1n) is 6.12. The van der Waals surface area contributed by atoms with Crippen LogP contribution in [-0.4, -0.2) is 4.92 Å². The summed E-state index contributed by atoms with van der Waals surface area (Å²) in [6, 6.07) is 16.3. The maximum absolute atomic E-state index is 11.2. The summed E-state index contributed by atoms with van der Waals surface area (Å²) in [6.45, 7) is 0. The number of benzene rings is 2.